The van der Waals surface area contributed by atoms with Gasteiger partial charge < -0.3 is 19.9 Å². The van der Waals surface area contributed by atoms with Crippen molar-refractivity contribution in [1.82, 2.24) is 0 Å². The molecule has 5 rings (SSSR count). The number of hydrogen-bond donors (Lipinski definition) is 1. The monoisotopic (exact) mass is 576 g/mol. The maximum Gasteiger partial charge on any atom is 0.343 e. The molecule has 0 aromatic heterocycles. The number of esters is 1. The Morgan fingerprint density at radius 2 is 1.67 bits per heavy atom. The van der Waals surface area contributed by atoms with Crippen molar-refractivity contribution >= 4 is 40.8 Å². The fraction of sp³-hybridized carbons (Fsp3) is 0.0667. The van der Waals surface area contributed by atoms with E-state index >= 15 is 0 Å². The molecule has 0 saturated carbocycles. The van der Waals surface area contributed by atoms with E-state index in [0.29, 0.717) is 37.7 Å². The molecular formula is C30H19Cl3N2O4. The number of hydrogen-bond acceptors (Lipinski definition) is 6. The van der Waals surface area contributed by atoms with Gasteiger partial charge in [0.25, 0.3) is 0 Å². The molecule has 1 aliphatic rings. The SMILES string of the molecule is N#CC1=C(N)Oc2cc(OC(=O)c3cccc(Cl)c3)ccc2C1c1ccc(OCc2ccc(Cl)cc2Cl)cc1. The predicted octanol–water partition coefficient (Wildman–Crippen LogP) is 7.66. The number of benzene rings is 4. The van der Waals surface area contributed by atoms with E-state index in [1.807, 2.05) is 18.2 Å². The Morgan fingerprint density at radius 1 is 0.923 bits per heavy atom. The predicted molar refractivity (Wildman–Crippen MR) is 149 cm³/mol. The van der Waals surface area contributed by atoms with E-state index in [2.05, 4.69) is 6.07 Å². The standard InChI is InChI=1S/C30H19Cl3N2O4/c31-20-3-1-2-18(12-20)30(36)38-23-10-11-24-27(14-23)39-29(35)25(15-34)28(24)17-5-8-22(9-6-17)37-16-19-4-7-21(32)13-26(19)33/h1-14,28H,16,35H2. The van der Waals surface area contributed by atoms with Crippen LogP contribution in [0, 0.1) is 11.3 Å². The van der Waals surface area contributed by atoms with Gasteiger partial charge in [-0.05, 0) is 54.1 Å². The summed E-state index contributed by atoms with van der Waals surface area (Å²) in [6, 6.07) is 26.1. The number of rotatable bonds is 6. The van der Waals surface area contributed by atoms with Crippen molar-refractivity contribution in [2.75, 3.05) is 0 Å². The highest BCUT2D eigenvalue weighted by Crippen LogP contribution is 2.43. The average molecular weight is 578 g/mol. The third kappa shape index (κ3) is 5.81. The highest BCUT2D eigenvalue weighted by atomic mass is 35.5. The second kappa shape index (κ2) is 11.3. The molecule has 0 fully saturated rings. The van der Waals surface area contributed by atoms with Gasteiger partial charge in [0.2, 0.25) is 5.88 Å². The Hall–Kier alpha value is -4.15. The Morgan fingerprint density at radius 3 is 2.38 bits per heavy atom. The van der Waals surface area contributed by atoms with Crippen LogP contribution in [0.2, 0.25) is 15.1 Å². The van der Waals surface area contributed by atoms with Crippen molar-refractivity contribution < 1.29 is 19.0 Å². The molecule has 0 saturated heterocycles. The summed E-state index contributed by atoms with van der Waals surface area (Å²) in [7, 11) is 0. The lowest BCUT2D eigenvalue weighted by Crippen LogP contribution is -2.21. The van der Waals surface area contributed by atoms with Gasteiger partial charge in [-0.25, -0.2) is 4.79 Å². The van der Waals surface area contributed by atoms with Crippen LogP contribution in [0.1, 0.15) is 33.0 Å². The molecule has 6 nitrogen and oxygen atoms in total. The molecule has 194 valence electrons. The number of nitriles is 1. The number of ether oxygens (including phenoxy) is 3. The van der Waals surface area contributed by atoms with Crippen molar-refractivity contribution in [3.8, 4) is 23.3 Å². The van der Waals surface area contributed by atoms with Crippen molar-refractivity contribution in [1.29, 1.82) is 5.26 Å². The third-order valence-corrected chi connectivity index (χ3v) is 6.91. The number of nitrogens with zero attached hydrogens (tertiary/aromatic N) is 1. The molecule has 4 aromatic rings. The summed E-state index contributed by atoms with van der Waals surface area (Å²) >= 11 is 18.2. The summed E-state index contributed by atoms with van der Waals surface area (Å²) in [6.45, 7) is 0.266. The molecule has 1 atom stereocenters. The number of carbonyl (C=O) groups excluding carboxylic acids is 1. The van der Waals surface area contributed by atoms with Crippen LogP contribution in [0.5, 0.6) is 17.2 Å². The lowest BCUT2D eigenvalue weighted by molar-refractivity contribution is 0.0734. The summed E-state index contributed by atoms with van der Waals surface area (Å²) < 4.78 is 17.1. The van der Waals surface area contributed by atoms with Crippen LogP contribution in [0.15, 0.2) is 96.4 Å². The highest BCUT2D eigenvalue weighted by Gasteiger charge is 2.31. The van der Waals surface area contributed by atoms with E-state index in [1.54, 1.807) is 60.7 Å². The average Bonchev–Trinajstić information content (AvgIpc) is 2.92. The van der Waals surface area contributed by atoms with Gasteiger partial charge in [-0.15, -0.1) is 0 Å². The molecule has 0 radical (unpaired) electrons. The van der Waals surface area contributed by atoms with E-state index in [4.69, 9.17) is 54.7 Å². The molecule has 0 amide bonds. The lowest BCUT2D eigenvalue weighted by Gasteiger charge is -2.26. The van der Waals surface area contributed by atoms with Crippen LogP contribution in [-0.4, -0.2) is 5.97 Å². The van der Waals surface area contributed by atoms with Crippen molar-refractivity contribution in [2.45, 2.75) is 12.5 Å². The van der Waals surface area contributed by atoms with Crippen molar-refractivity contribution in [3.63, 3.8) is 0 Å². The summed E-state index contributed by atoms with van der Waals surface area (Å²) in [5.74, 6) is 0.181. The highest BCUT2D eigenvalue weighted by molar-refractivity contribution is 6.35. The molecular weight excluding hydrogens is 559 g/mol. The molecule has 1 unspecified atom stereocenters. The first-order chi connectivity index (χ1) is 18.8. The first-order valence-corrected chi connectivity index (χ1v) is 12.8. The maximum atomic E-state index is 12.6. The summed E-state index contributed by atoms with van der Waals surface area (Å²) in [5, 5.41) is 11.4. The molecule has 4 aromatic carbocycles. The van der Waals surface area contributed by atoms with Gasteiger partial charge in [-0.2, -0.15) is 5.26 Å². The van der Waals surface area contributed by atoms with Gasteiger partial charge in [-0.1, -0.05) is 65.1 Å². The first kappa shape index (κ1) is 26.5. The topological polar surface area (TPSA) is 94.6 Å². The molecule has 2 N–H and O–H groups in total. The molecule has 39 heavy (non-hydrogen) atoms. The second-order valence-electron chi connectivity index (χ2n) is 8.62. The van der Waals surface area contributed by atoms with Crippen LogP contribution in [0.25, 0.3) is 0 Å². The minimum atomic E-state index is -0.568. The lowest BCUT2D eigenvalue weighted by atomic mass is 9.83. The normalized spacial score (nSPS) is 14.2. The Balaban J connectivity index is 1.37. The number of halogens is 3. The third-order valence-electron chi connectivity index (χ3n) is 6.08. The van der Waals surface area contributed by atoms with Gasteiger partial charge >= 0.3 is 5.97 Å². The molecule has 9 heteroatoms. The smallest absolute Gasteiger partial charge is 0.343 e. The fourth-order valence-electron chi connectivity index (χ4n) is 4.18. The Labute approximate surface area is 239 Å². The quantitative estimate of drug-likeness (QED) is 0.187. The van der Waals surface area contributed by atoms with Gasteiger partial charge in [0, 0.05) is 32.3 Å². The van der Waals surface area contributed by atoms with Crippen LogP contribution in [0.3, 0.4) is 0 Å². The van der Waals surface area contributed by atoms with Crippen LogP contribution >= 0.6 is 34.8 Å². The number of allylic oxidation sites excluding steroid dienone is 1. The fourth-order valence-corrected chi connectivity index (χ4v) is 4.83. The largest absolute Gasteiger partial charge is 0.489 e. The zero-order valence-corrected chi connectivity index (χ0v) is 22.4. The number of carbonyl (C=O) groups is 1. The van der Waals surface area contributed by atoms with E-state index in [-0.39, 0.29) is 23.8 Å². The van der Waals surface area contributed by atoms with E-state index in [0.717, 1.165) is 11.1 Å². The second-order valence-corrected chi connectivity index (χ2v) is 9.90. The zero-order chi connectivity index (χ0) is 27.5. The van der Waals surface area contributed by atoms with E-state index in [9.17, 15) is 10.1 Å². The first-order valence-electron chi connectivity index (χ1n) is 11.7. The van der Waals surface area contributed by atoms with E-state index < -0.39 is 11.9 Å². The van der Waals surface area contributed by atoms with Gasteiger partial charge in [0.1, 0.15) is 35.5 Å². The van der Waals surface area contributed by atoms with Crippen LogP contribution in [-0.2, 0) is 6.61 Å². The van der Waals surface area contributed by atoms with Crippen molar-refractivity contribution in [2.24, 2.45) is 5.73 Å². The Kier molecular flexibility index (Phi) is 7.67. The molecule has 1 aliphatic heterocycles. The van der Waals surface area contributed by atoms with Gasteiger partial charge in [0.15, 0.2) is 0 Å². The molecule has 0 aliphatic carbocycles. The molecule has 1 heterocycles. The Bertz CT molecular complexity index is 1650. The molecule has 0 bridgehead atoms. The van der Waals surface area contributed by atoms with Crippen LogP contribution < -0.4 is 19.9 Å². The number of fused-ring (bicyclic) bond motifs is 1. The van der Waals surface area contributed by atoms with E-state index in [1.165, 1.54) is 6.07 Å². The summed E-state index contributed by atoms with van der Waals surface area (Å²) in [5.41, 5.74) is 9.01. The van der Waals surface area contributed by atoms with Gasteiger partial charge in [-0.3, -0.25) is 0 Å². The maximum absolute atomic E-state index is 12.6. The zero-order valence-electron chi connectivity index (χ0n) is 20.2. The summed E-state index contributed by atoms with van der Waals surface area (Å²) in [6.07, 6.45) is 0. The van der Waals surface area contributed by atoms with Gasteiger partial charge in [0.05, 0.1) is 11.5 Å². The minimum Gasteiger partial charge on any atom is -0.489 e. The summed E-state index contributed by atoms with van der Waals surface area (Å²) in [4.78, 5) is 12.6. The molecule has 0 spiro atoms. The number of nitrogens with two attached hydrogens (primary N) is 1. The minimum absolute atomic E-state index is 0.0222. The van der Waals surface area contributed by atoms with Crippen LogP contribution in [0.4, 0.5) is 0 Å². The van der Waals surface area contributed by atoms with Crippen molar-refractivity contribution in [3.05, 3.63) is 134 Å².